The van der Waals surface area contributed by atoms with Gasteiger partial charge in [0, 0.05) is 35.1 Å². The first-order chi connectivity index (χ1) is 12.2. The Kier molecular flexibility index (Phi) is 6.70. The number of aryl methyl sites for hydroxylation is 1. The fraction of sp³-hybridized carbons (Fsp3) is 0.350. The molecule has 25 heavy (non-hydrogen) atoms. The molecular weight excluding hydrogens is 350 g/mol. The van der Waals surface area contributed by atoms with E-state index in [1.165, 1.54) is 11.1 Å². The molecule has 1 saturated heterocycles. The standard InChI is InChI=1S/C20H23NO2S2/c1-15-2-4-16(5-3-15)12-24-11-10-21-20(22)17-6-8-18(9-7-17)23-19-13-25-14-19/h2-9,19H,10-14H2,1H3,(H,21,22). The van der Waals surface area contributed by atoms with Crippen LogP contribution in [0, 0.1) is 6.92 Å². The maximum Gasteiger partial charge on any atom is 0.251 e. The Balaban J connectivity index is 1.35. The summed E-state index contributed by atoms with van der Waals surface area (Å²) in [7, 11) is 0. The zero-order valence-electron chi connectivity index (χ0n) is 14.4. The Morgan fingerprint density at radius 1 is 1.16 bits per heavy atom. The molecule has 3 nitrogen and oxygen atoms in total. The Bertz CT molecular complexity index is 682. The second kappa shape index (κ2) is 9.20. The summed E-state index contributed by atoms with van der Waals surface area (Å²) in [6, 6.07) is 16.0. The van der Waals surface area contributed by atoms with Crippen molar-refractivity contribution in [2.75, 3.05) is 23.8 Å². The molecular formula is C20H23NO2S2. The first-order valence-electron chi connectivity index (χ1n) is 8.46. The summed E-state index contributed by atoms with van der Waals surface area (Å²) in [5.74, 6) is 4.81. The zero-order chi connectivity index (χ0) is 17.5. The largest absolute Gasteiger partial charge is 0.489 e. The number of carbonyl (C=O) groups excluding carboxylic acids is 1. The van der Waals surface area contributed by atoms with Gasteiger partial charge in [0.05, 0.1) is 0 Å². The predicted octanol–water partition coefficient (Wildman–Crippen LogP) is 4.15. The summed E-state index contributed by atoms with van der Waals surface area (Å²) in [5, 5.41) is 2.97. The summed E-state index contributed by atoms with van der Waals surface area (Å²) in [5.41, 5.74) is 3.28. The van der Waals surface area contributed by atoms with Crippen LogP contribution in [0.15, 0.2) is 48.5 Å². The maximum absolute atomic E-state index is 12.2. The van der Waals surface area contributed by atoms with Crippen LogP contribution in [-0.2, 0) is 5.75 Å². The molecule has 132 valence electrons. The first kappa shape index (κ1) is 18.2. The van der Waals surface area contributed by atoms with Gasteiger partial charge in [0.15, 0.2) is 0 Å². The fourth-order valence-electron chi connectivity index (χ4n) is 2.37. The average molecular weight is 374 g/mol. The van der Waals surface area contributed by atoms with Crippen LogP contribution in [0.3, 0.4) is 0 Å². The van der Waals surface area contributed by atoms with Crippen LogP contribution in [-0.4, -0.2) is 35.8 Å². The van der Waals surface area contributed by atoms with Crippen molar-refractivity contribution in [1.29, 1.82) is 0 Å². The molecule has 5 heteroatoms. The normalized spacial score (nSPS) is 14.0. The lowest BCUT2D eigenvalue weighted by Crippen LogP contribution is -2.31. The number of hydrogen-bond donors (Lipinski definition) is 1. The number of nitrogens with one attached hydrogen (secondary N) is 1. The minimum Gasteiger partial charge on any atom is -0.489 e. The highest BCUT2D eigenvalue weighted by Gasteiger charge is 2.19. The lowest BCUT2D eigenvalue weighted by atomic mass is 10.2. The first-order valence-corrected chi connectivity index (χ1v) is 10.8. The topological polar surface area (TPSA) is 38.3 Å². The van der Waals surface area contributed by atoms with Gasteiger partial charge in [-0.25, -0.2) is 0 Å². The van der Waals surface area contributed by atoms with Crippen molar-refractivity contribution in [3.63, 3.8) is 0 Å². The number of ether oxygens (including phenoxy) is 1. The van der Waals surface area contributed by atoms with Gasteiger partial charge in [0.25, 0.3) is 5.91 Å². The Morgan fingerprint density at radius 3 is 2.52 bits per heavy atom. The molecule has 1 N–H and O–H groups in total. The van der Waals surface area contributed by atoms with Crippen molar-refractivity contribution in [2.24, 2.45) is 0 Å². The Morgan fingerprint density at radius 2 is 1.88 bits per heavy atom. The van der Waals surface area contributed by atoms with E-state index in [1.54, 1.807) is 0 Å². The number of thioether (sulfide) groups is 2. The van der Waals surface area contributed by atoms with Crippen LogP contribution in [0.1, 0.15) is 21.5 Å². The van der Waals surface area contributed by atoms with E-state index in [1.807, 2.05) is 47.8 Å². The average Bonchev–Trinajstić information content (AvgIpc) is 2.60. The van der Waals surface area contributed by atoms with E-state index in [2.05, 4.69) is 36.5 Å². The molecule has 2 aromatic rings. The van der Waals surface area contributed by atoms with Gasteiger partial charge in [0.2, 0.25) is 0 Å². The zero-order valence-corrected chi connectivity index (χ0v) is 16.0. The van der Waals surface area contributed by atoms with Crippen molar-refractivity contribution >= 4 is 29.4 Å². The highest BCUT2D eigenvalue weighted by molar-refractivity contribution is 8.00. The van der Waals surface area contributed by atoms with Crippen LogP contribution in [0.25, 0.3) is 0 Å². The molecule has 0 radical (unpaired) electrons. The van der Waals surface area contributed by atoms with Gasteiger partial charge in [-0.3, -0.25) is 4.79 Å². The molecule has 0 unspecified atom stereocenters. The monoisotopic (exact) mass is 373 g/mol. The molecule has 1 heterocycles. The van der Waals surface area contributed by atoms with Gasteiger partial charge >= 0.3 is 0 Å². The third-order valence-electron chi connectivity index (χ3n) is 3.95. The quantitative estimate of drug-likeness (QED) is 0.706. The van der Waals surface area contributed by atoms with Crippen molar-refractivity contribution in [3.05, 3.63) is 65.2 Å². The SMILES string of the molecule is Cc1ccc(CSCCNC(=O)c2ccc(OC3CSC3)cc2)cc1. The molecule has 2 aromatic carbocycles. The highest BCUT2D eigenvalue weighted by atomic mass is 32.2. The number of carbonyl (C=O) groups is 1. The van der Waals surface area contributed by atoms with Crippen LogP contribution in [0.2, 0.25) is 0 Å². The van der Waals surface area contributed by atoms with Crippen LogP contribution >= 0.6 is 23.5 Å². The van der Waals surface area contributed by atoms with Crippen LogP contribution in [0.5, 0.6) is 5.75 Å². The maximum atomic E-state index is 12.2. The molecule has 3 rings (SSSR count). The van der Waals surface area contributed by atoms with E-state index in [0.717, 1.165) is 28.8 Å². The van der Waals surface area contributed by atoms with E-state index in [-0.39, 0.29) is 5.91 Å². The van der Waals surface area contributed by atoms with Crippen LogP contribution < -0.4 is 10.1 Å². The summed E-state index contributed by atoms with van der Waals surface area (Å²) >= 11 is 3.72. The molecule has 0 saturated carbocycles. The molecule has 1 fully saturated rings. The predicted molar refractivity (Wildman–Crippen MR) is 108 cm³/mol. The fourth-order valence-corrected chi connectivity index (χ4v) is 3.76. The van der Waals surface area contributed by atoms with E-state index in [9.17, 15) is 4.79 Å². The molecule has 0 aromatic heterocycles. The number of hydrogen-bond acceptors (Lipinski definition) is 4. The van der Waals surface area contributed by atoms with Gasteiger partial charge < -0.3 is 10.1 Å². The second-order valence-corrected chi connectivity index (χ2v) is 8.28. The molecule has 1 aliphatic rings. The second-order valence-electron chi connectivity index (χ2n) is 6.10. The third kappa shape index (κ3) is 5.72. The van der Waals surface area contributed by atoms with E-state index in [0.29, 0.717) is 18.2 Å². The minimum absolute atomic E-state index is 0.0262. The molecule has 0 atom stereocenters. The van der Waals surface area contributed by atoms with Gasteiger partial charge in [0.1, 0.15) is 11.9 Å². The van der Waals surface area contributed by atoms with Crippen molar-refractivity contribution in [2.45, 2.75) is 18.8 Å². The van der Waals surface area contributed by atoms with Gasteiger partial charge in [-0.2, -0.15) is 23.5 Å². The summed E-state index contributed by atoms with van der Waals surface area (Å²) < 4.78 is 5.79. The smallest absolute Gasteiger partial charge is 0.251 e. The Labute approximate surface area is 157 Å². The molecule has 0 aliphatic carbocycles. The van der Waals surface area contributed by atoms with Crippen molar-refractivity contribution in [1.82, 2.24) is 5.32 Å². The van der Waals surface area contributed by atoms with Crippen molar-refractivity contribution < 1.29 is 9.53 Å². The lowest BCUT2D eigenvalue weighted by molar-refractivity contribution is 0.0956. The molecule has 0 bridgehead atoms. The molecule has 0 spiro atoms. The Hall–Kier alpha value is -1.59. The van der Waals surface area contributed by atoms with Crippen molar-refractivity contribution in [3.8, 4) is 5.75 Å². The lowest BCUT2D eigenvalue weighted by Gasteiger charge is -2.25. The van der Waals surface area contributed by atoms with E-state index < -0.39 is 0 Å². The van der Waals surface area contributed by atoms with Gasteiger partial charge in [-0.05, 0) is 36.8 Å². The summed E-state index contributed by atoms with van der Waals surface area (Å²) in [6.07, 6.45) is 0.329. The highest BCUT2D eigenvalue weighted by Crippen LogP contribution is 2.24. The molecule has 1 aliphatic heterocycles. The van der Waals surface area contributed by atoms with E-state index in [4.69, 9.17) is 4.74 Å². The van der Waals surface area contributed by atoms with Gasteiger partial charge in [-0.1, -0.05) is 29.8 Å². The third-order valence-corrected chi connectivity index (χ3v) is 6.19. The number of amides is 1. The minimum atomic E-state index is -0.0262. The number of rotatable bonds is 8. The number of benzene rings is 2. The summed E-state index contributed by atoms with van der Waals surface area (Å²) in [4.78, 5) is 12.2. The van der Waals surface area contributed by atoms with E-state index >= 15 is 0 Å². The summed E-state index contributed by atoms with van der Waals surface area (Å²) in [6.45, 7) is 2.77. The van der Waals surface area contributed by atoms with Gasteiger partial charge in [-0.15, -0.1) is 0 Å². The molecule has 1 amide bonds. The van der Waals surface area contributed by atoms with Crippen LogP contribution in [0.4, 0.5) is 0 Å².